The number of aromatic nitrogens is 2. The molecule has 2 aromatic rings. The molecule has 0 radical (unpaired) electrons. The number of fused-ring (bicyclic) bond motifs is 1. The third-order valence-electron chi connectivity index (χ3n) is 1.75. The summed E-state index contributed by atoms with van der Waals surface area (Å²) in [6.45, 7) is 0. The number of nitrogens with zero attached hydrogens (tertiary/aromatic N) is 2. The third-order valence-corrected chi connectivity index (χ3v) is 1.75. The van der Waals surface area contributed by atoms with Gasteiger partial charge in [-0.15, -0.1) is 0 Å². The number of nitrogen functional groups attached to an aromatic ring is 1. The number of hydrogen-bond donors (Lipinski definition) is 1. The van der Waals surface area contributed by atoms with Crippen molar-refractivity contribution < 1.29 is 4.74 Å². The summed E-state index contributed by atoms with van der Waals surface area (Å²) in [5.41, 5.74) is 7.85. The molecule has 0 spiro atoms. The topological polar surface area (TPSA) is 61.0 Å². The maximum Gasteiger partial charge on any atom is 0.232 e. The highest BCUT2D eigenvalue weighted by atomic mass is 16.5. The molecule has 13 heavy (non-hydrogen) atoms. The lowest BCUT2D eigenvalue weighted by Gasteiger charge is -2.00. The van der Waals surface area contributed by atoms with Crippen LogP contribution in [0.1, 0.15) is 0 Å². The minimum atomic E-state index is 0.498. The van der Waals surface area contributed by atoms with Crippen molar-refractivity contribution in [2.24, 2.45) is 0 Å². The predicted molar refractivity (Wildman–Crippen MR) is 50.5 cm³/mol. The average molecular weight is 175 g/mol. The van der Waals surface area contributed by atoms with E-state index in [9.17, 15) is 0 Å². The van der Waals surface area contributed by atoms with Gasteiger partial charge >= 0.3 is 0 Å². The van der Waals surface area contributed by atoms with Crippen LogP contribution in [0, 0.1) is 0 Å². The molecule has 0 fully saturated rings. The largest absolute Gasteiger partial charge is 0.480 e. The van der Waals surface area contributed by atoms with Gasteiger partial charge in [0, 0.05) is 5.69 Å². The van der Waals surface area contributed by atoms with Crippen LogP contribution in [-0.4, -0.2) is 17.1 Å². The van der Waals surface area contributed by atoms with Crippen LogP contribution in [0.15, 0.2) is 24.4 Å². The summed E-state index contributed by atoms with van der Waals surface area (Å²) in [5, 5.41) is 0. The summed E-state index contributed by atoms with van der Waals surface area (Å²) >= 11 is 0. The van der Waals surface area contributed by atoms with Crippen LogP contribution in [0.3, 0.4) is 0 Å². The number of benzene rings is 1. The second-order valence-electron chi connectivity index (χ2n) is 2.66. The Bertz CT molecular complexity index is 442. The van der Waals surface area contributed by atoms with Crippen molar-refractivity contribution in [1.82, 2.24) is 9.97 Å². The molecule has 0 saturated heterocycles. The van der Waals surface area contributed by atoms with Gasteiger partial charge in [-0.1, -0.05) is 0 Å². The first-order valence-electron chi connectivity index (χ1n) is 3.86. The standard InChI is InChI=1S/C9H9N3O/c1-13-9-5-11-7-3-2-6(10)4-8(7)12-9/h2-5H,10H2,1H3. The van der Waals surface area contributed by atoms with E-state index in [4.69, 9.17) is 10.5 Å². The van der Waals surface area contributed by atoms with Gasteiger partial charge < -0.3 is 10.5 Å². The molecular weight excluding hydrogens is 166 g/mol. The van der Waals surface area contributed by atoms with E-state index < -0.39 is 0 Å². The fraction of sp³-hybridized carbons (Fsp3) is 0.111. The van der Waals surface area contributed by atoms with Crippen LogP contribution in [0.25, 0.3) is 11.0 Å². The number of hydrogen-bond acceptors (Lipinski definition) is 4. The lowest BCUT2D eigenvalue weighted by Crippen LogP contribution is -1.91. The van der Waals surface area contributed by atoms with Gasteiger partial charge in [-0.05, 0) is 18.2 Å². The van der Waals surface area contributed by atoms with Crippen molar-refractivity contribution in [1.29, 1.82) is 0 Å². The van der Waals surface area contributed by atoms with Gasteiger partial charge in [-0.3, -0.25) is 0 Å². The molecule has 4 nitrogen and oxygen atoms in total. The molecule has 0 saturated carbocycles. The smallest absolute Gasteiger partial charge is 0.232 e. The summed E-state index contributed by atoms with van der Waals surface area (Å²) < 4.78 is 4.95. The van der Waals surface area contributed by atoms with E-state index in [1.165, 1.54) is 0 Å². The Hall–Kier alpha value is -1.84. The molecule has 1 aromatic carbocycles. The van der Waals surface area contributed by atoms with E-state index in [0.29, 0.717) is 11.6 Å². The van der Waals surface area contributed by atoms with Gasteiger partial charge in [-0.2, -0.15) is 0 Å². The number of methoxy groups -OCH3 is 1. The SMILES string of the molecule is COc1cnc2ccc(N)cc2n1. The Kier molecular flexibility index (Phi) is 1.73. The molecule has 0 aliphatic heterocycles. The molecule has 0 aliphatic rings. The maximum atomic E-state index is 5.61. The van der Waals surface area contributed by atoms with E-state index in [-0.39, 0.29) is 0 Å². The van der Waals surface area contributed by atoms with Crippen LogP contribution in [0.4, 0.5) is 5.69 Å². The van der Waals surface area contributed by atoms with Gasteiger partial charge in [0.25, 0.3) is 0 Å². The Morgan fingerprint density at radius 1 is 1.31 bits per heavy atom. The fourth-order valence-corrected chi connectivity index (χ4v) is 1.11. The van der Waals surface area contributed by atoms with Gasteiger partial charge in [0.15, 0.2) is 0 Å². The molecule has 0 amide bonds. The Morgan fingerprint density at radius 3 is 2.92 bits per heavy atom. The first-order valence-corrected chi connectivity index (χ1v) is 3.86. The zero-order chi connectivity index (χ0) is 9.26. The Morgan fingerprint density at radius 2 is 2.15 bits per heavy atom. The van der Waals surface area contributed by atoms with E-state index in [0.717, 1.165) is 11.0 Å². The van der Waals surface area contributed by atoms with Crippen LogP contribution in [0.2, 0.25) is 0 Å². The number of rotatable bonds is 1. The van der Waals surface area contributed by atoms with Gasteiger partial charge in [0.2, 0.25) is 5.88 Å². The maximum absolute atomic E-state index is 5.61. The zero-order valence-corrected chi connectivity index (χ0v) is 7.19. The molecule has 1 aromatic heterocycles. The number of anilines is 1. The normalized spacial score (nSPS) is 10.2. The highest BCUT2D eigenvalue weighted by Gasteiger charge is 1.98. The summed E-state index contributed by atoms with van der Waals surface area (Å²) in [5.74, 6) is 0.498. The molecule has 0 aliphatic carbocycles. The molecule has 2 rings (SSSR count). The van der Waals surface area contributed by atoms with E-state index >= 15 is 0 Å². The molecular formula is C9H9N3O. The third kappa shape index (κ3) is 1.38. The predicted octanol–water partition coefficient (Wildman–Crippen LogP) is 1.22. The lowest BCUT2D eigenvalue weighted by molar-refractivity contribution is 0.397. The van der Waals surface area contributed by atoms with Crippen LogP contribution in [0.5, 0.6) is 5.88 Å². The second-order valence-corrected chi connectivity index (χ2v) is 2.66. The number of ether oxygens (including phenoxy) is 1. The van der Waals surface area contributed by atoms with Gasteiger partial charge in [0.1, 0.15) is 0 Å². The van der Waals surface area contributed by atoms with Gasteiger partial charge in [0.05, 0.1) is 24.3 Å². The molecule has 0 bridgehead atoms. The summed E-state index contributed by atoms with van der Waals surface area (Å²) in [6, 6.07) is 5.39. The summed E-state index contributed by atoms with van der Waals surface area (Å²) in [4.78, 5) is 8.34. The molecule has 0 unspecified atom stereocenters. The molecule has 66 valence electrons. The van der Waals surface area contributed by atoms with Crippen LogP contribution in [-0.2, 0) is 0 Å². The number of nitrogens with two attached hydrogens (primary N) is 1. The van der Waals surface area contributed by atoms with E-state index in [2.05, 4.69) is 9.97 Å². The quantitative estimate of drug-likeness (QED) is 0.662. The monoisotopic (exact) mass is 175 g/mol. The Labute approximate surface area is 75.4 Å². The Balaban J connectivity index is 2.68. The first kappa shape index (κ1) is 7.79. The van der Waals surface area contributed by atoms with Gasteiger partial charge in [-0.25, -0.2) is 9.97 Å². The molecule has 4 heteroatoms. The van der Waals surface area contributed by atoms with Crippen molar-refractivity contribution in [3.63, 3.8) is 0 Å². The zero-order valence-electron chi connectivity index (χ0n) is 7.19. The van der Waals surface area contributed by atoms with E-state index in [1.54, 1.807) is 25.4 Å². The van der Waals surface area contributed by atoms with Crippen molar-refractivity contribution in [3.05, 3.63) is 24.4 Å². The van der Waals surface area contributed by atoms with E-state index in [1.807, 2.05) is 6.07 Å². The highest BCUT2D eigenvalue weighted by molar-refractivity contribution is 5.78. The van der Waals surface area contributed by atoms with Crippen molar-refractivity contribution in [2.45, 2.75) is 0 Å². The highest BCUT2D eigenvalue weighted by Crippen LogP contribution is 2.15. The fourth-order valence-electron chi connectivity index (χ4n) is 1.11. The second kappa shape index (κ2) is 2.90. The lowest BCUT2D eigenvalue weighted by atomic mass is 10.3. The molecule has 2 N–H and O–H groups in total. The summed E-state index contributed by atoms with van der Waals surface area (Å²) in [6.07, 6.45) is 1.58. The minimum Gasteiger partial charge on any atom is -0.480 e. The van der Waals surface area contributed by atoms with Crippen LogP contribution >= 0.6 is 0 Å². The van der Waals surface area contributed by atoms with Crippen molar-refractivity contribution >= 4 is 16.7 Å². The first-order chi connectivity index (χ1) is 6.29. The minimum absolute atomic E-state index is 0.498. The van der Waals surface area contributed by atoms with Crippen molar-refractivity contribution in [3.8, 4) is 5.88 Å². The summed E-state index contributed by atoms with van der Waals surface area (Å²) in [7, 11) is 1.56. The average Bonchev–Trinajstić information content (AvgIpc) is 2.16. The molecule has 0 atom stereocenters. The van der Waals surface area contributed by atoms with Crippen LogP contribution < -0.4 is 10.5 Å². The van der Waals surface area contributed by atoms with Crippen molar-refractivity contribution in [2.75, 3.05) is 12.8 Å². The molecule has 1 heterocycles.